The van der Waals surface area contributed by atoms with Crippen molar-refractivity contribution in [3.8, 4) is 28.4 Å². The Morgan fingerprint density at radius 2 is 1.78 bits per heavy atom. The van der Waals surface area contributed by atoms with Crippen molar-refractivity contribution in [2.75, 3.05) is 46.3 Å². The van der Waals surface area contributed by atoms with E-state index in [4.69, 9.17) is 18.6 Å². The maximum atomic E-state index is 13.1. The summed E-state index contributed by atoms with van der Waals surface area (Å²) in [7, 11) is 4.72. The maximum Gasteiger partial charge on any atom is 0.290 e. The van der Waals surface area contributed by atoms with Crippen molar-refractivity contribution in [3.05, 3.63) is 78.9 Å². The van der Waals surface area contributed by atoms with Gasteiger partial charge in [-0.25, -0.2) is 4.98 Å². The van der Waals surface area contributed by atoms with Gasteiger partial charge in [0.05, 0.1) is 32.8 Å². The van der Waals surface area contributed by atoms with Gasteiger partial charge in [-0.3, -0.25) is 19.5 Å². The number of ether oxygens (including phenoxy) is 3. The highest BCUT2D eigenvalue weighted by Crippen LogP contribution is 2.27. The summed E-state index contributed by atoms with van der Waals surface area (Å²) in [6.45, 7) is 0.262. The van der Waals surface area contributed by atoms with Crippen LogP contribution in [0.3, 0.4) is 0 Å². The number of amides is 2. The minimum atomic E-state index is -0.423. The van der Waals surface area contributed by atoms with Gasteiger partial charge in [0.25, 0.3) is 5.91 Å². The molecule has 0 fully saturated rings. The molecule has 0 bridgehead atoms. The second-order valence-corrected chi connectivity index (χ2v) is 7.99. The summed E-state index contributed by atoms with van der Waals surface area (Å²) in [4.78, 5) is 32.0. The zero-order valence-corrected chi connectivity index (χ0v) is 20.8. The molecular formula is C27H28N4O6. The molecule has 0 unspecified atom stereocenters. The average Bonchev–Trinajstić information content (AvgIpc) is 3.61. The van der Waals surface area contributed by atoms with Gasteiger partial charge in [-0.05, 0) is 48.5 Å². The van der Waals surface area contributed by atoms with E-state index in [0.29, 0.717) is 23.1 Å². The Bertz CT molecular complexity index is 1330. The summed E-state index contributed by atoms with van der Waals surface area (Å²) in [5.41, 5.74) is 2.21. The number of carbonyl (C=O) groups is 2. The lowest BCUT2D eigenvalue weighted by Crippen LogP contribution is -2.40. The summed E-state index contributed by atoms with van der Waals surface area (Å²) in [6, 6.07) is 18.0. The molecule has 0 aliphatic heterocycles. The van der Waals surface area contributed by atoms with Crippen LogP contribution < -0.4 is 14.8 Å². The van der Waals surface area contributed by atoms with Crippen molar-refractivity contribution in [1.29, 1.82) is 0 Å². The number of anilines is 1. The van der Waals surface area contributed by atoms with Crippen molar-refractivity contribution in [3.63, 3.8) is 0 Å². The molecule has 0 radical (unpaired) electrons. The lowest BCUT2D eigenvalue weighted by atomic mass is 10.1. The monoisotopic (exact) mass is 504 g/mol. The van der Waals surface area contributed by atoms with Crippen LogP contribution >= 0.6 is 0 Å². The van der Waals surface area contributed by atoms with E-state index in [1.54, 1.807) is 30.9 Å². The zero-order valence-electron chi connectivity index (χ0n) is 20.8. The molecule has 2 aromatic heterocycles. The van der Waals surface area contributed by atoms with Crippen LogP contribution in [0.2, 0.25) is 0 Å². The molecule has 0 saturated carbocycles. The molecule has 4 aromatic rings. The van der Waals surface area contributed by atoms with Crippen molar-refractivity contribution >= 4 is 17.8 Å². The lowest BCUT2D eigenvalue weighted by molar-refractivity contribution is -0.117. The molecule has 10 heteroatoms. The van der Waals surface area contributed by atoms with E-state index in [-0.39, 0.29) is 25.5 Å². The van der Waals surface area contributed by atoms with E-state index in [2.05, 4.69) is 10.3 Å². The van der Waals surface area contributed by atoms with Crippen molar-refractivity contribution in [1.82, 2.24) is 14.5 Å². The first-order valence-corrected chi connectivity index (χ1v) is 11.5. The van der Waals surface area contributed by atoms with E-state index in [1.807, 2.05) is 54.7 Å². The second-order valence-electron chi connectivity index (χ2n) is 7.99. The first-order chi connectivity index (χ1) is 18.0. The van der Waals surface area contributed by atoms with Crippen LogP contribution in [0.25, 0.3) is 16.9 Å². The first-order valence-electron chi connectivity index (χ1n) is 11.5. The number of methoxy groups -OCH3 is 3. The van der Waals surface area contributed by atoms with Gasteiger partial charge in [-0.2, -0.15) is 0 Å². The fraction of sp³-hybridized carbons (Fsp3) is 0.222. The third kappa shape index (κ3) is 6.17. The van der Waals surface area contributed by atoms with E-state index < -0.39 is 11.8 Å². The van der Waals surface area contributed by atoms with Crippen molar-refractivity contribution in [2.45, 2.75) is 0 Å². The Balaban J connectivity index is 1.62. The number of hydrogen-bond acceptors (Lipinski definition) is 7. The predicted molar refractivity (Wildman–Crippen MR) is 137 cm³/mol. The molecule has 0 aliphatic carbocycles. The van der Waals surface area contributed by atoms with Gasteiger partial charge < -0.3 is 23.5 Å². The van der Waals surface area contributed by atoms with E-state index in [0.717, 1.165) is 11.3 Å². The standard InChI is InChI=1S/C27H28N4O6/c1-34-15-13-30(26(33)24-8-5-14-37-24)18-25(32)29-27-28-23(19-6-4-7-22(16-19)36-3)17-31(27)20-9-11-21(35-2)12-10-20/h4-12,14,16-17H,13,15,18H2,1-3H3,(H,28,29,32). The average molecular weight is 505 g/mol. The molecule has 0 spiro atoms. The largest absolute Gasteiger partial charge is 0.497 e. The Kier molecular flexibility index (Phi) is 8.22. The number of rotatable bonds is 11. The number of benzene rings is 2. The van der Waals surface area contributed by atoms with Crippen molar-refractivity contribution in [2.24, 2.45) is 0 Å². The number of furan rings is 1. The number of carbonyl (C=O) groups excluding carboxylic acids is 2. The predicted octanol–water partition coefficient (Wildman–Crippen LogP) is 3.88. The lowest BCUT2D eigenvalue weighted by Gasteiger charge is -2.20. The summed E-state index contributed by atoms with van der Waals surface area (Å²) in [5.74, 6) is 0.996. The third-order valence-corrected chi connectivity index (χ3v) is 5.59. The zero-order chi connectivity index (χ0) is 26.2. The molecule has 4 rings (SSSR count). The summed E-state index contributed by atoms with van der Waals surface area (Å²) >= 11 is 0. The van der Waals surface area contributed by atoms with Crippen LogP contribution in [0.15, 0.2) is 77.5 Å². The normalized spacial score (nSPS) is 10.7. The molecule has 0 aliphatic rings. The van der Waals surface area contributed by atoms with Gasteiger partial charge in [0.2, 0.25) is 11.9 Å². The van der Waals surface area contributed by atoms with E-state index in [1.165, 1.54) is 18.3 Å². The summed E-state index contributed by atoms with van der Waals surface area (Å²) < 4.78 is 22.7. The number of hydrogen-bond donors (Lipinski definition) is 1. The minimum absolute atomic E-state index is 0.143. The molecule has 192 valence electrons. The van der Waals surface area contributed by atoms with Gasteiger partial charge in [0, 0.05) is 31.1 Å². The third-order valence-electron chi connectivity index (χ3n) is 5.59. The van der Waals surface area contributed by atoms with Crippen LogP contribution in [0.5, 0.6) is 11.5 Å². The van der Waals surface area contributed by atoms with E-state index in [9.17, 15) is 9.59 Å². The number of nitrogens with one attached hydrogen (secondary N) is 1. The van der Waals surface area contributed by atoms with Gasteiger partial charge in [-0.15, -0.1) is 0 Å². The fourth-order valence-corrected chi connectivity index (χ4v) is 3.68. The number of nitrogens with zero attached hydrogens (tertiary/aromatic N) is 3. The maximum absolute atomic E-state index is 13.1. The topological polar surface area (TPSA) is 108 Å². The van der Waals surface area contributed by atoms with Crippen LogP contribution in [0.4, 0.5) is 5.95 Å². The Labute approximate surface area is 214 Å². The smallest absolute Gasteiger partial charge is 0.290 e. The van der Waals surface area contributed by atoms with Gasteiger partial charge in [0.15, 0.2) is 5.76 Å². The SMILES string of the molecule is COCCN(CC(=O)Nc1nc(-c2cccc(OC)c2)cn1-c1ccc(OC)cc1)C(=O)c1ccco1. The number of aromatic nitrogens is 2. The highest BCUT2D eigenvalue weighted by molar-refractivity contribution is 5.97. The Hall–Kier alpha value is -4.57. The summed E-state index contributed by atoms with van der Waals surface area (Å²) in [5, 5.41) is 2.85. The first kappa shape index (κ1) is 25.5. The summed E-state index contributed by atoms with van der Waals surface area (Å²) in [6.07, 6.45) is 3.23. The highest BCUT2D eigenvalue weighted by atomic mass is 16.5. The molecule has 0 atom stereocenters. The fourth-order valence-electron chi connectivity index (χ4n) is 3.68. The Morgan fingerprint density at radius 3 is 2.46 bits per heavy atom. The molecular weight excluding hydrogens is 476 g/mol. The Morgan fingerprint density at radius 1 is 1.00 bits per heavy atom. The second kappa shape index (κ2) is 11.9. The van der Waals surface area contributed by atoms with Gasteiger partial charge >= 0.3 is 0 Å². The van der Waals surface area contributed by atoms with Crippen LogP contribution in [0, 0.1) is 0 Å². The van der Waals surface area contributed by atoms with Crippen LogP contribution in [0.1, 0.15) is 10.6 Å². The molecule has 0 saturated heterocycles. The molecule has 2 heterocycles. The quantitative estimate of drug-likeness (QED) is 0.330. The molecule has 1 N–H and O–H groups in total. The van der Waals surface area contributed by atoms with Crippen molar-refractivity contribution < 1.29 is 28.2 Å². The van der Waals surface area contributed by atoms with E-state index >= 15 is 0 Å². The minimum Gasteiger partial charge on any atom is -0.497 e. The number of imidazole rings is 1. The molecule has 10 nitrogen and oxygen atoms in total. The highest BCUT2D eigenvalue weighted by Gasteiger charge is 2.22. The molecule has 37 heavy (non-hydrogen) atoms. The van der Waals surface area contributed by atoms with Crippen LogP contribution in [-0.4, -0.2) is 67.3 Å². The molecule has 2 amide bonds. The van der Waals surface area contributed by atoms with Crippen LogP contribution in [-0.2, 0) is 9.53 Å². The van der Waals surface area contributed by atoms with Gasteiger partial charge in [0.1, 0.15) is 18.0 Å². The molecule has 2 aromatic carbocycles. The van der Waals surface area contributed by atoms with Gasteiger partial charge in [-0.1, -0.05) is 12.1 Å².